The van der Waals surface area contributed by atoms with Crippen LogP contribution >= 0.6 is 11.6 Å². The van der Waals surface area contributed by atoms with Crippen molar-refractivity contribution >= 4 is 23.4 Å². The summed E-state index contributed by atoms with van der Waals surface area (Å²) in [5.74, 6) is 0.0915. The molecule has 1 atom stereocenters. The summed E-state index contributed by atoms with van der Waals surface area (Å²) < 4.78 is 8.07. The molecule has 0 spiro atoms. The Hall–Kier alpha value is -2.38. The number of rotatable bonds is 4. The Kier molecular flexibility index (Phi) is 6.69. The van der Waals surface area contributed by atoms with Crippen molar-refractivity contribution in [2.24, 2.45) is 5.92 Å². The molecule has 1 unspecified atom stereocenters. The molecular weight excluding hydrogens is 440 g/mol. The van der Waals surface area contributed by atoms with Gasteiger partial charge in [0.1, 0.15) is 6.10 Å². The van der Waals surface area contributed by atoms with E-state index in [0.717, 1.165) is 24.1 Å². The molecule has 2 aliphatic heterocycles. The fraction of sp³-hybridized carbons (Fsp3) is 0.560. The molecule has 8 heteroatoms. The predicted molar refractivity (Wildman–Crippen MR) is 125 cm³/mol. The summed E-state index contributed by atoms with van der Waals surface area (Å²) >= 11 is 5.99. The number of halogens is 1. The predicted octanol–water partition coefficient (Wildman–Crippen LogP) is 4.11. The Bertz CT molecular complexity index is 992. The van der Waals surface area contributed by atoms with Gasteiger partial charge in [-0.15, -0.1) is 0 Å². The maximum Gasteiger partial charge on any atom is 0.274 e. The maximum absolute atomic E-state index is 13.2. The quantitative estimate of drug-likeness (QED) is 0.729. The van der Waals surface area contributed by atoms with E-state index in [4.69, 9.17) is 16.3 Å². The lowest BCUT2D eigenvalue weighted by Gasteiger charge is -2.33. The van der Waals surface area contributed by atoms with E-state index in [-0.39, 0.29) is 23.8 Å². The Morgan fingerprint density at radius 2 is 1.76 bits per heavy atom. The first kappa shape index (κ1) is 22.4. The molecule has 3 heterocycles. The van der Waals surface area contributed by atoms with Crippen molar-refractivity contribution in [3.05, 3.63) is 52.6 Å². The van der Waals surface area contributed by atoms with Crippen molar-refractivity contribution in [2.45, 2.75) is 70.2 Å². The zero-order valence-corrected chi connectivity index (χ0v) is 19.6. The van der Waals surface area contributed by atoms with Crippen molar-refractivity contribution in [1.82, 2.24) is 19.8 Å². The smallest absolute Gasteiger partial charge is 0.274 e. The van der Waals surface area contributed by atoms with Crippen molar-refractivity contribution in [3.63, 3.8) is 0 Å². The first-order valence-electron chi connectivity index (χ1n) is 12.1. The van der Waals surface area contributed by atoms with Gasteiger partial charge in [0.2, 0.25) is 5.91 Å². The molecule has 0 bridgehead atoms. The molecule has 5 rings (SSSR count). The summed E-state index contributed by atoms with van der Waals surface area (Å²) in [6.07, 6.45) is 8.92. The summed E-state index contributed by atoms with van der Waals surface area (Å²) in [6.45, 7) is 2.12. The van der Waals surface area contributed by atoms with Crippen LogP contribution in [-0.2, 0) is 22.7 Å². The highest BCUT2D eigenvalue weighted by molar-refractivity contribution is 6.30. The topological polar surface area (TPSA) is 76.5 Å². The van der Waals surface area contributed by atoms with Gasteiger partial charge in [-0.2, -0.15) is 0 Å². The fourth-order valence-electron chi connectivity index (χ4n) is 5.25. The van der Waals surface area contributed by atoms with E-state index in [1.165, 1.54) is 19.3 Å². The molecule has 1 saturated heterocycles. The summed E-state index contributed by atoms with van der Waals surface area (Å²) in [4.78, 5) is 32.1. The third kappa shape index (κ3) is 4.94. The van der Waals surface area contributed by atoms with Crippen LogP contribution in [0.2, 0.25) is 5.02 Å². The van der Waals surface area contributed by atoms with Gasteiger partial charge >= 0.3 is 0 Å². The number of hydrogen-bond donors (Lipinski definition) is 1. The SMILES string of the molecule is O=C(NC1CCCCC1)C1CCN(C(=O)c2ncn3c2COC(c2ccc(Cl)cc2)C3)CC1. The fourth-order valence-corrected chi connectivity index (χ4v) is 5.37. The minimum Gasteiger partial charge on any atom is -0.365 e. The lowest BCUT2D eigenvalue weighted by atomic mass is 9.92. The van der Waals surface area contributed by atoms with Crippen LogP contribution < -0.4 is 5.32 Å². The van der Waals surface area contributed by atoms with Gasteiger partial charge in [0, 0.05) is 30.1 Å². The Morgan fingerprint density at radius 3 is 2.48 bits per heavy atom. The van der Waals surface area contributed by atoms with E-state index in [9.17, 15) is 9.59 Å². The van der Waals surface area contributed by atoms with Gasteiger partial charge in [-0.3, -0.25) is 9.59 Å². The minimum atomic E-state index is -0.0923. The van der Waals surface area contributed by atoms with Gasteiger partial charge in [-0.05, 0) is 43.4 Å². The van der Waals surface area contributed by atoms with Gasteiger partial charge < -0.3 is 19.5 Å². The van der Waals surface area contributed by atoms with E-state index in [2.05, 4.69) is 10.3 Å². The van der Waals surface area contributed by atoms with Crippen LogP contribution in [0.5, 0.6) is 0 Å². The second-order valence-corrected chi connectivity index (χ2v) is 9.89. The number of likely N-dealkylation sites (tertiary alicyclic amines) is 1. The molecule has 2 amide bonds. The highest BCUT2D eigenvalue weighted by atomic mass is 35.5. The van der Waals surface area contributed by atoms with Gasteiger partial charge in [0.15, 0.2) is 5.69 Å². The first-order valence-corrected chi connectivity index (χ1v) is 12.5. The van der Waals surface area contributed by atoms with Crippen LogP contribution in [0.3, 0.4) is 0 Å². The number of benzene rings is 1. The average molecular weight is 471 g/mol. The average Bonchev–Trinajstić information content (AvgIpc) is 3.28. The highest BCUT2D eigenvalue weighted by Crippen LogP contribution is 2.29. The summed E-state index contributed by atoms with van der Waals surface area (Å²) in [5, 5.41) is 3.94. The Balaban J connectivity index is 1.17. The molecule has 0 radical (unpaired) electrons. The molecule has 3 aliphatic rings. The van der Waals surface area contributed by atoms with Gasteiger partial charge in [0.25, 0.3) is 5.91 Å². The second-order valence-electron chi connectivity index (χ2n) is 9.45. The molecule has 1 N–H and O–H groups in total. The molecule has 176 valence electrons. The summed E-state index contributed by atoms with van der Waals surface area (Å²) in [5.41, 5.74) is 2.34. The lowest BCUT2D eigenvalue weighted by Crippen LogP contribution is -2.46. The number of hydrogen-bond acceptors (Lipinski definition) is 4. The molecule has 2 fully saturated rings. The maximum atomic E-state index is 13.2. The van der Waals surface area contributed by atoms with Crippen LogP contribution in [0.1, 0.15) is 72.8 Å². The molecule has 7 nitrogen and oxygen atoms in total. The molecule has 33 heavy (non-hydrogen) atoms. The number of carbonyl (C=O) groups is 2. The number of ether oxygens (including phenoxy) is 1. The van der Waals surface area contributed by atoms with Crippen molar-refractivity contribution < 1.29 is 14.3 Å². The number of fused-ring (bicyclic) bond motifs is 1. The third-order valence-corrected chi connectivity index (χ3v) is 7.53. The van der Waals surface area contributed by atoms with E-state index in [1.807, 2.05) is 33.7 Å². The standard InChI is InChI=1S/C25H31ClN4O3/c26-19-8-6-17(7-9-19)22-14-30-16-27-23(21(30)15-33-22)25(32)29-12-10-18(11-13-29)24(31)28-20-4-2-1-3-5-20/h6-9,16,18,20,22H,1-5,10-15H2,(H,28,31). The monoisotopic (exact) mass is 470 g/mol. The number of nitrogens with one attached hydrogen (secondary N) is 1. The van der Waals surface area contributed by atoms with E-state index < -0.39 is 0 Å². The van der Waals surface area contributed by atoms with E-state index in [1.54, 1.807) is 6.33 Å². The van der Waals surface area contributed by atoms with Crippen LogP contribution in [0.15, 0.2) is 30.6 Å². The second kappa shape index (κ2) is 9.85. The Labute approximate surface area is 199 Å². The highest BCUT2D eigenvalue weighted by Gasteiger charge is 2.32. The van der Waals surface area contributed by atoms with E-state index >= 15 is 0 Å². The number of imidazole rings is 1. The lowest BCUT2D eigenvalue weighted by molar-refractivity contribution is -0.127. The molecular formula is C25H31ClN4O3. The number of carbonyl (C=O) groups excluding carboxylic acids is 2. The molecule has 1 aliphatic carbocycles. The number of nitrogens with zero attached hydrogens (tertiary/aromatic N) is 3. The van der Waals surface area contributed by atoms with Crippen LogP contribution in [0, 0.1) is 5.92 Å². The largest absolute Gasteiger partial charge is 0.365 e. The molecule has 1 aromatic carbocycles. The molecule has 2 aromatic rings. The normalized spacial score (nSPS) is 22.1. The van der Waals surface area contributed by atoms with Crippen LogP contribution in [0.4, 0.5) is 0 Å². The minimum absolute atomic E-state index is 0.00430. The van der Waals surface area contributed by atoms with E-state index in [0.29, 0.717) is 55.8 Å². The summed E-state index contributed by atoms with van der Waals surface area (Å²) in [6, 6.07) is 7.99. The first-order chi connectivity index (χ1) is 16.1. The van der Waals surface area contributed by atoms with Gasteiger partial charge in [-0.25, -0.2) is 4.98 Å². The third-order valence-electron chi connectivity index (χ3n) is 7.28. The zero-order valence-electron chi connectivity index (χ0n) is 18.8. The summed E-state index contributed by atoms with van der Waals surface area (Å²) in [7, 11) is 0. The molecule has 1 aromatic heterocycles. The van der Waals surface area contributed by atoms with Crippen molar-refractivity contribution in [3.8, 4) is 0 Å². The van der Waals surface area contributed by atoms with Crippen LogP contribution in [0.25, 0.3) is 0 Å². The Morgan fingerprint density at radius 1 is 1.03 bits per heavy atom. The number of aromatic nitrogens is 2. The molecule has 1 saturated carbocycles. The number of amides is 2. The van der Waals surface area contributed by atoms with Crippen molar-refractivity contribution in [1.29, 1.82) is 0 Å². The van der Waals surface area contributed by atoms with Gasteiger partial charge in [-0.1, -0.05) is 43.0 Å². The number of piperidine rings is 1. The van der Waals surface area contributed by atoms with Crippen LogP contribution in [-0.4, -0.2) is 45.4 Å². The van der Waals surface area contributed by atoms with Gasteiger partial charge in [0.05, 0.1) is 25.2 Å². The van der Waals surface area contributed by atoms with Crippen molar-refractivity contribution in [2.75, 3.05) is 13.1 Å². The zero-order chi connectivity index (χ0) is 22.8.